The number of methoxy groups -OCH3 is 3. The van der Waals surface area contributed by atoms with Crippen molar-refractivity contribution in [2.24, 2.45) is 4.99 Å². The molecule has 2 heterocycles. The van der Waals surface area contributed by atoms with E-state index in [4.69, 9.17) is 23.9 Å². The van der Waals surface area contributed by atoms with Crippen LogP contribution in [0.2, 0.25) is 0 Å². The fourth-order valence-corrected chi connectivity index (χ4v) is 6.39. The molecule has 4 aromatic rings. The Morgan fingerprint density at radius 1 is 1.02 bits per heavy atom. The van der Waals surface area contributed by atoms with Gasteiger partial charge in [0.25, 0.3) is 5.56 Å². The molecule has 1 aromatic heterocycles. The second kappa shape index (κ2) is 12.4. The molecule has 1 aliphatic heterocycles. The average Bonchev–Trinajstić information content (AvgIpc) is 3.32. The van der Waals surface area contributed by atoms with Gasteiger partial charge in [-0.1, -0.05) is 47.7 Å². The first-order valence-corrected chi connectivity index (χ1v) is 14.8. The van der Waals surface area contributed by atoms with Crippen LogP contribution < -0.4 is 29.1 Å². The topological polar surface area (TPSA) is 109 Å². The van der Waals surface area contributed by atoms with Crippen molar-refractivity contribution in [1.29, 1.82) is 0 Å². The van der Waals surface area contributed by atoms with E-state index < -0.39 is 12.0 Å². The van der Waals surface area contributed by atoms with Crippen molar-refractivity contribution < 1.29 is 28.8 Å². The summed E-state index contributed by atoms with van der Waals surface area (Å²) in [4.78, 5) is 33.0. The van der Waals surface area contributed by atoms with Crippen molar-refractivity contribution in [3.63, 3.8) is 0 Å². The van der Waals surface area contributed by atoms with Gasteiger partial charge in [-0.05, 0) is 71.0 Å². The lowest BCUT2D eigenvalue weighted by Crippen LogP contribution is -2.40. The maximum atomic E-state index is 14.1. The lowest BCUT2D eigenvalue weighted by Gasteiger charge is -2.26. The van der Waals surface area contributed by atoms with Gasteiger partial charge in [-0.3, -0.25) is 9.36 Å². The fourth-order valence-electron chi connectivity index (χ4n) is 4.76. The largest absolute Gasteiger partial charge is 0.504 e. The molecule has 0 bridgehead atoms. The molecule has 0 fully saturated rings. The van der Waals surface area contributed by atoms with Gasteiger partial charge in [0.15, 0.2) is 27.8 Å². The van der Waals surface area contributed by atoms with E-state index in [0.29, 0.717) is 52.5 Å². The number of carbonyl (C=O) groups excluding carboxylic acids is 1. The van der Waals surface area contributed by atoms with Crippen LogP contribution in [0.15, 0.2) is 76.0 Å². The molecule has 0 saturated heterocycles. The number of phenols is 1. The zero-order chi connectivity index (χ0) is 30.0. The van der Waals surface area contributed by atoms with Crippen LogP contribution in [-0.4, -0.2) is 43.6 Å². The number of halogens is 1. The first-order valence-electron chi connectivity index (χ1n) is 12.9. The molecule has 42 heavy (non-hydrogen) atoms. The van der Waals surface area contributed by atoms with Crippen LogP contribution in [0.25, 0.3) is 11.8 Å². The Labute approximate surface area is 259 Å². The molecule has 5 rings (SSSR count). The predicted molar refractivity (Wildman–Crippen MR) is 168 cm³/mol. The van der Waals surface area contributed by atoms with Crippen LogP contribution in [0.3, 0.4) is 0 Å². The number of carbonyl (C=O) groups is 1. The molecular weight excluding hydrogens is 671 g/mol. The lowest BCUT2D eigenvalue weighted by molar-refractivity contribution is -0.138. The van der Waals surface area contributed by atoms with Crippen LogP contribution in [0.1, 0.15) is 29.7 Å². The van der Waals surface area contributed by atoms with Gasteiger partial charge in [0.1, 0.15) is 0 Å². The monoisotopic (exact) mass is 698 g/mol. The number of esters is 1. The van der Waals surface area contributed by atoms with Crippen molar-refractivity contribution in [2.45, 2.75) is 13.0 Å². The molecule has 1 N–H and O–H groups in total. The van der Waals surface area contributed by atoms with Crippen molar-refractivity contribution in [3.8, 4) is 23.0 Å². The summed E-state index contributed by atoms with van der Waals surface area (Å²) in [6.45, 7) is 1.88. The van der Waals surface area contributed by atoms with Gasteiger partial charge in [-0.25, -0.2) is 9.79 Å². The highest BCUT2D eigenvalue weighted by atomic mass is 127. The maximum absolute atomic E-state index is 14.1. The molecule has 0 aliphatic carbocycles. The Hall–Kier alpha value is -4.10. The highest BCUT2D eigenvalue weighted by Crippen LogP contribution is 2.38. The van der Waals surface area contributed by atoms with Crippen LogP contribution in [0.4, 0.5) is 0 Å². The second-order valence-corrected chi connectivity index (χ2v) is 11.3. The highest BCUT2D eigenvalue weighted by Gasteiger charge is 2.35. The van der Waals surface area contributed by atoms with E-state index in [-0.39, 0.29) is 23.5 Å². The third-order valence-corrected chi connectivity index (χ3v) is 8.47. The summed E-state index contributed by atoms with van der Waals surface area (Å²) in [5.41, 5.74) is 2.30. The molecule has 1 aliphatic rings. The van der Waals surface area contributed by atoms with Crippen LogP contribution in [0, 0.1) is 3.57 Å². The molecule has 0 saturated carbocycles. The Kier molecular flexibility index (Phi) is 8.69. The van der Waals surface area contributed by atoms with Crippen LogP contribution in [0.5, 0.6) is 23.0 Å². The number of fused-ring (bicyclic) bond motifs is 1. The molecule has 0 spiro atoms. The summed E-state index contributed by atoms with van der Waals surface area (Å²) in [6.07, 6.45) is 1.72. The van der Waals surface area contributed by atoms with Crippen LogP contribution in [-0.2, 0) is 9.53 Å². The molecule has 3 aromatic carbocycles. The minimum Gasteiger partial charge on any atom is -0.504 e. The van der Waals surface area contributed by atoms with E-state index in [9.17, 15) is 14.7 Å². The lowest BCUT2D eigenvalue weighted by atomic mass is 9.93. The quantitative estimate of drug-likeness (QED) is 0.217. The smallest absolute Gasteiger partial charge is 0.338 e. The van der Waals surface area contributed by atoms with Crippen molar-refractivity contribution in [3.05, 3.63) is 106 Å². The molecule has 0 unspecified atom stereocenters. The number of phenolic OH excluding ortho intramolecular Hbond substituents is 1. The van der Waals surface area contributed by atoms with Gasteiger partial charge in [-0.15, -0.1) is 0 Å². The third kappa shape index (κ3) is 5.41. The van der Waals surface area contributed by atoms with E-state index >= 15 is 0 Å². The number of aromatic nitrogens is 1. The minimum absolute atomic E-state index is 0.0248. The normalized spacial score (nSPS) is 14.7. The standard InChI is InChI=1S/C31H27IN2O7S/c1-5-41-30(37)25-26(18-9-7-6-8-10-18)33-31-34(27(25)19-11-12-21(38-2)22(16-19)39-3)29(36)24(42-31)15-17-13-20(32)28(35)23(14-17)40-4/h6-16,27,35H,5H2,1-4H3/b24-15-/t27-/m1/s1. The average molecular weight is 699 g/mol. The summed E-state index contributed by atoms with van der Waals surface area (Å²) in [5.74, 6) is 0.697. The second-order valence-electron chi connectivity index (χ2n) is 9.10. The molecule has 1 atom stereocenters. The number of nitrogens with zero attached hydrogens (tertiary/aromatic N) is 2. The van der Waals surface area contributed by atoms with E-state index in [1.54, 1.807) is 43.3 Å². The Balaban J connectivity index is 1.84. The molecular formula is C31H27IN2O7S. The summed E-state index contributed by atoms with van der Waals surface area (Å²) < 4.78 is 24.3. The zero-order valence-corrected chi connectivity index (χ0v) is 26.2. The van der Waals surface area contributed by atoms with E-state index in [1.165, 1.54) is 37.2 Å². The third-order valence-electron chi connectivity index (χ3n) is 6.67. The molecule has 0 radical (unpaired) electrons. The minimum atomic E-state index is -0.869. The fraction of sp³-hybridized carbons (Fsp3) is 0.194. The van der Waals surface area contributed by atoms with Gasteiger partial charge in [0.2, 0.25) is 0 Å². The van der Waals surface area contributed by atoms with E-state index in [0.717, 1.165) is 0 Å². The van der Waals surface area contributed by atoms with Crippen molar-refractivity contribution in [1.82, 2.24) is 4.57 Å². The highest BCUT2D eigenvalue weighted by molar-refractivity contribution is 14.1. The summed E-state index contributed by atoms with van der Waals surface area (Å²) in [6, 6.07) is 17.2. The Bertz CT molecular complexity index is 1880. The summed E-state index contributed by atoms with van der Waals surface area (Å²) in [7, 11) is 4.53. The van der Waals surface area contributed by atoms with Gasteiger partial charge in [0.05, 0.1) is 53.4 Å². The van der Waals surface area contributed by atoms with Gasteiger partial charge in [-0.2, -0.15) is 0 Å². The first-order chi connectivity index (χ1) is 20.3. The Morgan fingerprint density at radius 2 is 1.74 bits per heavy atom. The maximum Gasteiger partial charge on any atom is 0.338 e. The zero-order valence-electron chi connectivity index (χ0n) is 23.2. The number of rotatable bonds is 8. The molecule has 11 heteroatoms. The van der Waals surface area contributed by atoms with Gasteiger partial charge >= 0.3 is 5.97 Å². The number of hydrogen-bond donors (Lipinski definition) is 1. The number of aromatic hydroxyl groups is 1. The molecule has 9 nitrogen and oxygen atoms in total. The van der Waals surface area contributed by atoms with Gasteiger partial charge in [0, 0.05) is 5.56 Å². The molecule has 216 valence electrons. The van der Waals surface area contributed by atoms with E-state index in [1.807, 2.05) is 52.9 Å². The van der Waals surface area contributed by atoms with Crippen LogP contribution >= 0.6 is 33.9 Å². The van der Waals surface area contributed by atoms with Crippen molar-refractivity contribution in [2.75, 3.05) is 27.9 Å². The Morgan fingerprint density at radius 3 is 2.40 bits per heavy atom. The molecule has 0 amide bonds. The first kappa shape index (κ1) is 29.4. The van der Waals surface area contributed by atoms with E-state index in [2.05, 4.69) is 0 Å². The number of hydrogen-bond acceptors (Lipinski definition) is 9. The number of ether oxygens (including phenoxy) is 4. The number of thiazole rings is 1. The van der Waals surface area contributed by atoms with Crippen molar-refractivity contribution >= 4 is 51.7 Å². The summed E-state index contributed by atoms with van der Waals surface area (Å²) in [5, 5.41) is 10.3. The SMILES string of the molecule is CCOC(=O)C1=C(c2ccccc2)N=c2s/c(=C\c3cc(I)c(O)c(OC)c3)c(=O)n2[C@@H]1c1ccc(OC)c(OC)c1. The van der Waals surface area contributed by atoms with Gasteiger partial charge < -0.3 is 24.1 Å². The number of benzene rings is 3. The summed E-state index contributed by atoms with van der Waals surface area (Å²) >= 11 is 3.21. The predicted octanol–water partition coefficient (Wildman–Crippen LogP) is 4.27.